The van der Waals surface area contributed by atoms with E-state index in [1.54, 1.807) is 24.3 Å². The Bertz CT molecular complexity index is 720. The Kier molecular flexibility index (Phi) is 4.82. The smallest absolute Gasteiger partial charge is 0.324 e. The van der Waals surface area contributed by atoms with Crippen LogP contribution in [0.4, 0.5) is 10.5 Å². The van der Waals surface area contributed by atoms with Crippen LogP contribution in [0.25, 0.3) is 0 Å². The van der Waals surface area contributed by atoms with Crippen molar-refractivity contribution in [1.82, 2.24) is 10.2 Å². The molecular formula is C16H17N3O6. The second-order valence-corrected chi connectivity index (χ2v) is 5.49. The van der Waals surface area contributed by atoms with Crippen molar-refractivity contribution >= 4 is 29.5 Å². The summed E-state index contributed by atoms with van der Waals surface area (Å²) in [5.74, 6) is -0.872. The molecule has 0 unspecified atom stereocenters. The number of hydrogen-bond donors (Lipinski definition) is 1. The highest BCUT2D eigenvalue weighted by Crippen LogP contribution is 2.31. The molecule has 0 spiro atoms. The van der Waals surface area contributed by atoms with Gasteiger partial charge in [-0.1, -0.05) is 12.1 Å². The van der Waals surface area contributed by atoms with Crippen molar-refractivity contribution in [1.29, 1.82) is 0 Å². The molecule has 9 heteroatoms. The quantitative estimate of drug-likeness (QED) is 0.746. The normalized spacial score (nSPS) is 16.2. The highest BCUT2D eigenvalue weighted by Gasteiger charge is 2.28. The molecule has 0 saturated carbocycles. The molecule has 1 saturated heterocycles. The van der Waals surface area contributed by atoms with Crippen molar-refractivity contribution < 1.29 is 28.7 Å². The molecule has 3 rings (SSSR count). The fourth-order valence-electron chi connectivity index (χ4n) is 2.60. The number of esters is 1. The Hall–Kier alpha value is -3.10. The lowest BCUT2D eigenvalue weighted by molar-refractivity contribution is -0.150. The number of carbonyl (C=O) groups excluding carboxylic acids is 4. The number of carbonyl (C=O) groups is 4. The Labute approximate surface area is 143 Å². The molecule has 2 aliphatic rings. The van der Waals surface area contributed by atoms with Crippen LogP contribution in [-0.2, 0) is 19.1 Å². The minimum Gasteiger partial charge on any atom is -0.482 e. The third kappa shape index (κ3) is 3.70. The number of fused-ring (bicyclic) bond motifs is 1. The summed E-state index contributed by atoms with van der Waals surface area (Å²) in [4.78, 5) is 49.4. The number of rotatable bonds is 5. The highest BCUT2D eigenvalue weighted by atomic mass is 16.5. The predicted molar refractivity (Wildman–Crippen MR) is 85.0 cm³/mol. The van der Waals surface area contributed by atoms with Crippen LogP contribution in [-0.4, -0.2) is 61.6 Å². The number of anilines is 1. The molecule has 0 aliphatic carbocycles. The van der Waals surface area contributed by atoms with E-state index >= 15 is 0 Å². The number of benzene rings is 1. The van der Waals surface area contributed by atoms with Gasteiger partial charge in [-0.05, 0) is 12.1 Å². The average molecular weight is 347 g/mol. The van der Waals surface area contributed by atoms with Gasteiger partial charge < -0.3 is 19.7 Å². The van der Waals surface area contributed by atoms with E-state index < -0.39 is 24.5 Å². The van der Waals surface area contributed by atoms with E-state index in [1.165, 1.54) is 4.90 Å². The van der Waals surface area contributed by atoms with E-state index in [4.69, 9.17) is 9.47 Å². The molecule has 1 aromatic carbocycles. The summed E-state index contributed by atoms with van der Waals surface area (Å²) >= 11 is 0. The lowest BCUT2D eigenvalue weighted by atomic mass is 10.2. The van der Waals surface area contributed by atoms with E-state index in [-0.39, 0.29) is 32.0 Å². The monoisotopic (exact) mass is 347 g/mol. The lowest BCUT2D eigenvalue weighted by Crippen LogP contribution is -2.40. The average Bonchev–Trinajstić information content (AvgIpc) is 3.05. The van der Waals surface area contributed by atoms with Gasteiger partial charge in [-0.15, -0.1) is 0 Å². The van der Waals surface area contributed by atoms with Crippen LogP contribution < -0.4 is 15.0 Å². The minimum absolute atomic E-state index is 0.0699. The zero-order valence-electron chi connectivity index (χ0n) is 13.4. The van der Waals surface area contributed by atoms with Crippen LogP contribution in [0.2, 0.25) is 0 Å². The van der Waals surface area contributed by atoms with Crippen LogP contribution in [0.15, 0.2) is 24.3 Å². The maximum atomic E-state index is 12.0. The van der Waals surface area contributed by atoms with Crippen molar-refractivity contribution in [3.8, 4) is 5.75 Å². The number of hydrogen-bond acceptors (Lipinski definition) is 6. The number of para-hydroxylation sites is 2. The Morgan fingerprint density at radius 2 is 2.04 bits per heavy atom. The third-order valence-electron chi connectivity index (χ3n) is 3.86. The molecular weight excluding hydrogens is 330 g/mol. The van der Waals surface area contributed by atoms with Crippen molar-refractivity contribution in [3.05, 3.63) is 24.3 Å². The van der Waals surface area contributed by atoms with Crippen LogP contribution in [0.3, 0.4) is 0 Å². The van der Waals surface area contributed by atoms with Gasteiger partial charge in [0.25, 0.3) is 11.8 Å². The highest BCUT2D eigenvalue weighted by molar-refractivity contribution is 5.98. The van der Waals surface area contributed by atoms with Gasteiger partial charge in [0, 0.05) is 19.6 Å². The number of nitrogens with one attached hydrogen (secondary N) is 1. The molecule has 0 bridgehead atoms. The zero-order chi connectivity index (χ0) is 17.8. The fraction of sp³-hybridized carbons (Fsp3) is 0.375. The molecule has 0 radical (unpaired) electrons. The molecule has 1 aromatic rings. The van der Waals surface area contributed by atoms with Gasteiger partial charge in [0.2, 0.25) is 0 Å². The number of imide groups is 1. The standard InChI is InChI=1S/C16H17N3O6/c20-13-9-24-12-4-2-1-3-11(12)18(13)7-5-15(22)25-10-14(21)19-8-6-17-16(19)23/h1-4H,5-10H2,(H,17,23). The van der Waals surface area contributed by atoms with E-state index in [0.717, 1.165) is 4.90 Å². The number of ether oxygens (including phenoxy) is 2. The first-order chi connectivity index (χ1) is 12.1. The second-order valence-electron chi connectivity index (χ2n) is 5.49. The van der Waals surface area contributed by atoms with Crippen LogP contribution >= 0.6 is 0 Å². The fourth-order valence-corrected chi connectivity index (χ4v) is 2.60. The van der Waals surface area contributed by atoms with Gasteiger partial charge in [-0.3, -0.25) is 19.3 Å². The van der Waals surface area contributed by atoms with Gasteiger partial charge in [-0.25, -0.2) is 4.79 Å². The molecule has 25 heavy (non-hydrogen) atoms. The zero-order valence-corrected chi connectivity index (χ0v) is 13.4. The number of amides is 4. The van der Waals surface area contributed by atoms with Gasteiger partial charge >= 0.3 is 12.0 Å². The maximum absolute atomic E-state index is 12.0. The first-order valence-electron chi connectivity index (χ1n) is 7.82. The summed E-state index contributed by atoms with van der Waals surface area (Å²) in [6, 6.07) is 6.55. The van der Waals surface area contributed by atoms with E-state index in [1.807, 2.05) is 0 Å². The molecule has 1 N–H and O–H groups in total. The predicted octanol–water partition coefficient (Wildman–Crippen LogP) is -0.103. The summed E-state index contributed by atoms with van der Waals surface area (Å²) < 4.78 is 10.2. The maximum Gasteiger partial charge on any atom is 0.324 e. The molecule has 0 aromatic heterocycles. The summed E-state index contributed by atoms with van der Waals surface area (Å²) in [5, 5.41) is 2.49. The van der Waals surface area contributed by atoms with Crippen molar-refractivity contribution in [2.45, 2.75) is 6.42 Å². The SMILES string of the molecule is O=C(CCN1C(=O)COc2ccccc21)OCC(=O)N1CCNC1=O. The molecule has 1 fully saturated rings. The Morgan fingerprint density at radius 3 is 2.80 bits per heavy atom. The first kappa shape index (κ1) is 16.7. The summed E-state index contributed by atoms with van der Waals surface area (Å²) in [6.45, 7) is 0.177. The summed E-state index contributed by atoms with van der Waals surface area (Å²) in [6.07, 6.45) is -0.0699. The number of nitrogens with zero attached hydrogens (tertiary/aromatic N) is 2. The first-order valence-corrected chi connectivity index (χ1v) is 7.82. The van der Waals surface area contributed by atoms with Crippen molar-refractivity contribution in [2.75, 3.05) is 37.7 Å². The molecule has 0 atom stereocenters. The van der Waals surface area contributed by atoms with Gasteiger partial charge in [0.05, 0.1) is 12.1 Å². The van der Waals surface area contributed by atoms with Gasteiger partial charge in [-0.2, -0.15) is 0 Å². The van der Waals surface area contributed by atoms with E-state index in [9.17, 15) is 19.2 Å². The summed E-state index contributed by atoms with van der Waals surface area (Å²) in [5.41, 5.74) is 0.594. The van der Waals surface area contributed by atoms with Crippen LogP contribution in [0.5, 0.6) is 5.75 Å². The topological polar surface area (TPSA) is 105 Å². The summed E-state index contributed by atoms with van der Waals surface area (Å²) in [7, 11) is 0. The Balaban J connectivity index is 1.50. The van der Waals surface area contributed by atoms with E-state index in [0.29, 0.717) is 18.0 Å². The lowest BCUT2D eigenvalue weighted by Gasteiger charge is -2.28. The minimum atomic E-state index is -0.621. The van der Waals surface area contributed by atoms with Gasteiger partial charge in [0.1, 0.15) is 5.75 Å². The third-order valence-corrected chi connectivity index (χ3v) is 3.86. The Morgan fingerprint density at radius 1 is 1.24 bits per heavy atom. The van der Waals surface area contributed by atoms with E-state index in [2.05, 4.69) is 5.32 Å². The number of urea groups is 1. The second kappa shape index (κ2) is 7.20. The molecule has 132 valence electrons. The molecule has 2 heterocycles. The van der Waals surface area contributed by atoms with Crippen LogP contribution in [0, 0.1) is 0 Å². The largest absolute Gasteiger partial charge is 0.482 e. The molecule has 4 amide bonds. The molecule has 9 nitrogen and oxygen atoms in total. The van der Waals surface area contributed by atoms with Gasteiger partial charge in [0.15, 0.2) is 13.2 Å². The van der Waals surface area contributed by atoms with Crippen molar-refractivity contribution in [2.24, 2.45) is 0 Å². The molecule has 2 aliphatic heterocycles. The van der Waals surface area contributed by atoms with Crippen molar-refractivity contribution in [3.63, 3.8) is 0 Å². The van der Waals surface area contributed by atoms with Crippen LogP contribution in [0.1, 0.15) is 6.42 Å².